The molecule has 3 rings (SSSR count). The van der Waals surface area contributed by atoms with E-state index in [0.717, 1.165) is 17.3 Å². The minimum absolute atomic E-state index is 0.0750. The SMILES string of the molecule is O=S(=O)(Cl)c1nnc(-c2ccc(Br)c(Cl)c2)n1C1CC1. The van der Waals surface area contributed by atoms with Crippen LogP contribution in [-0.4, -0.2) is 23.2 Å². The van der Waals surface area contributed by atoms with Gasteiger partial charge in [-0.05, 0) is 47.0 Å². The lowest BCUT2D eigenvalue weighted by Crippen LogP contribution is -2.06. The van der Waals surface area contributed by atoms with Gasteiger partial charge in [-0.1, -0.05) is 11.6 Å². The molecule has 1 aromatic heterocycles. The van der Waals surface area contributed by atoms with Crippen LogP contribution in [0.2, 0.25) is 5.02 Å². The standard InChI is InChI=1S/C11H8BrCl2N3O2S/c12-8-4-1-6(5-9(8)13)10-15-16-11(20(14,18)19)17(10)7-2-3-7/h1,4-5,7H,2-3H2. The lowest BCUT2D eigenvalue weighted by Gasteiger charge is -2.08. The molecule has 0 amide bonds. The summed E-state index contributed by atoms with van der Waals surface area (Å²) in [6, 6.07) is 5.35. The summed E-state index contributed by atoms with van der Waals surface area (Å²) in [5.41, 5.74) is 0.698. The monoisotopic (exact) mass is 395 g/mol. The van der Waals surface area contributed by atoms with Crippen molar-refractivity contribution in [2.75, 3.05) is 0 Å². The van der Waals surface area contributed by atoms with E-state index in [0.29, 0.717) is 16.4 Å². The van der Waals surface area contributed by atoms with Crippen molar-refractivity contribution in [2.45, 2.75) is 24.0 Å². The average Bonchev–Trinajstić information content (AvgIpc) is 3.10. The van der Waals surface area contributed by atoms with E-state index in [1.54, 1.807) is 22.8 Å². The number of hydrogen-bond acceptors (Lipinski definition) is 4. The predicted octanol–water partition coefficient (Wildman–Crippen LogP) is 3.62. The molecule has 2 aromatic rings. The van der Waals surface area contributed by atoms with E-state index in [1.165, 1.54) is 0 Å². The Kier molecular flexibility index (Phi) is 3.56. The van der Waals surface area contributed by atoms with E-state index in [-0.39, 0.29) is 11.2 Å². The molecule has 20 heavy (non-hydrogen) atoms. The maximum atomic E-state index is 11.6. The van der Waals surface area contributed by atoms with Crippen molar-refractivity contribution in [3.05, 3.63) is 27.7 Å². The Morgan fingerprint density at radius 1 is 1.30 bits per heavy atom. The predicted molar refractivity (Wildman–Crippen MR) is 79.5 cm³/mol. The summed E-state index contributed by atoms with van der Waals surface area (Å²) >= 11 is 9.37. The Balaban J connectivity index is 2.19. The molecule has 0 unspecified atom stereocenters. The Morgan fingerprint density at radius 3 is 2.55 bits per heavy atom. The van der Waals surface area contributed by atoms with Crippen LogP contribution >= 0.6 is 38.2 Å². The van der Waals surface area contributed by atoms with Crippen molar-refractivity contribution >= 4 is 47.3 Å². The first-order valence-electron chi connectivity index (χ1n) is 5.73. The molecule has 0 aliphatic heterocycles. The van der Waals surface area contributed by atoms with Gasteiger partial charge in [0, 0.05) is 26.8 Å². The van der Waals surface area contributed by atoms with Gasteiger partial charge in [-0.2, -0.15) is 0 Å². The molecule has 5 nitrogen and oxygen atoms in total. The van der Waals surface area contributed by atoms with E-state index >= 15 is 0 Å². The van der Waals surface area contributed by atoms with Crippen molar-refractivity contribution in [1.82, 2.24) is 14.8 Å². The normalized spacial score (nSPS) is 15.6. The van der Waals surface area contributed by atoms with Gasteiger partial charge in [0.25, 0.3) is 14.2 Å². The number of rotatable bonds is 3. The van der Waals surface area contributed by atoms with Crippen molar-refractivity contribution in [1.29, 1.82) is 0 Å². The first-order chi connectivity index (χ1) is 9.38. The van der Waals surface area contributed by atoms with Crippen LogP contribution in [0.3, 0.4) is 0 Å². The highest BCUT2D eigenvalue weighted by atomic mass is 79.9. The van der Waals surface area contributed by atoms with E-state index in [1.807, 2.05) is 0 Å². The van der Waals surface area contributed by atoms with E-state index in [2.05, 4.69) is 26.1 Å². The zero-order valence-corrected chi connectivity index (χ0v) is 13.8. The third-order valence-electron chi connectivity index (χ3n) is 2.97. The maximum Gasteiger partial charge on any atom is 0.296 e. The third-order valence-corrected chi connectivity index (χ3v) is 5.33. The molecule has 0 saturated heterocycles. The van der Waals surface area contributed by atoms with Crippen LogP contribution in [-0.2, 0) is 9.05 Å². The third kappa shape index (κ3) is 2.59. The van der Waals surface area contributed by atoms with Crippen molar-refractivity contribution in [3.63, 3.8) is 0 Å². The summed E-state index contributed by atoms with van der Waals surface area (Å²) in [4.78, 5) is 0. The molecule has 0 atom stereocenters. The summed E-state index contributed by atoms with van der Waals surface area (Å²) in [5.74, 6) is 0.459. The van der Waals surface area contributed by atoms with Crippen LogP contribution < -0.4 is 0 Å². The van der Waals surface area contributed by atoms with Gasteiger partial charge < -0.3 is 0 Å². The fourth-order valence-electron chi connectivity index (χ4n) is 1.94. The van der Waals surface area contributed by atoms with Crippen LogP contribution in [0.4, 0.5) is 0 Å². The van der Waals surface area contributed by atoms with E-state index in [9.17, 15) is 8.42 Å². The number of aromatic nitrogens is 3. The zero-order valence-electron chi connectivity index (χ0n) is 9.92. The zero-order chi connectivity index (χ0) is 14.5. The first-order valence-corrected chi connectivity index (χ1v) is 9.21. The molecule has 1 aliphatic rings. The minimum Gasteiger partial charge on any atom is -0.294 e. The molecule has 1 heterocycles. The second kappa shape index (κ2) is 4.98. The second-order valence-corrected chi connectivity index (χ2v) is 8.20. The van der Waals surface area contributed by atoms with Gasteiger partial charge >= 0.3 is 0 Å². The van der Waals surface area contributed by atoms with E-state index < -0.39 is 9.05 Å². The average molecular weight is 397 g/mol. The smallest absolute Gasteiger partial charge is 0.294 e. The van der Waals surface area contributed by atoms with Crippen molar-refractivity contribution in [3.8, 4) is 11.4 Å². The highest BCUT2D eigenvalue weighted by Crippen LogP contribution is 2.41. The summed E-state index contributed by atoms with van der Waals surface area (Å²) in [6.07, 6.45) is 1.77. The van der Waals surface area contributed by atoms with Crippen LogP contribution in [0.25, 0.3) is 11.4 Å². The van der Waals surface area contributed by atoms with Gasteiger partial charge in [-0.25, -0.2) is 8.42 Å². The molecule has 1 aromatic carbocycles. The number of hydrogen-bond donors (Lipinski definition) is 0. The number of nitrogens with zero attached hydrogens (tertiary/aromatic N) is 3. The van der Waals surface area contributed by atoms with Gasteiger partial charge in [0.05, 0.1) is 5.02 Å². The van der Waals surface area contributed by atoms with Crippen LogP contribution in [0, 0.1) is 0 Å². The van der Waals surface area contributed by atoms with Crippen molar-refractivity contribution < 1.29 is 8.42 Å². The van der Waals surface area contributed by atoms with Gasteiger partial charge in [0.15, 0.2) is 5.82 Å². The summed E-state index contributed by atoms with van der Waals surface area (Å²) in [5, 5.41) is 7.98. The maximum absolute atomic E-state index is 11.6. The Hall–Kier alpha value is -0.630. The van der Waals surface area contributed by atoms with Gasteiger partial charge in [0.2, 0.25) is 0 Å². The molecule has 1 saturated carbocycles. The van der Waals surface area contributed by atoms with Gasteiger partial charge in [0.1, 0.15) is 0 Å². The quantitative estimate of drug-likeness (QED) is 0.743. The van der Waals surface area contributed by atoms with Crippen LogP contribution in [0.1, 0.15) is 18.9 Å². The van der Waals surface area contributed by atoms with E-state index in [4.69, 9.17) is 22.3 Å². The van der Waals surface area contributed by atoms with Crippen LogP contribution in [0.15, 0.2) is 27.8 Å². The molecule has 0 N–H and O–H groups in total. The van der Waals surface area contributed by atoms with Crippen molar-refractivity contribution in [2.24, 2.45) is 0 Å². The fraction of sp³-hybridized carbons (Fsp3) is 0.273. The van der Waals surface area contributed by atoms with Gasteiger partial charge in [-0.15, -0.1) is 10.2 Å². The molecular formula is C11H8BrCl2N3O2S. The molecule has 0 bridgehead atoms. The Bertz CT molecular complexity index is 787. The summed E-state index contributed by atoms with van der Waals surface area (Å²) in [6.45, 7) is 0. The number of benzene rings is 1. The fourth-order valence-corrected chi connectivity index (χ4v) is 3.29. The minimum atomic E-state index is -3.92. The summed E-state index contributed by atoms with van der Waals surface area (Å²) < 4.78 is 25.4. The Labute approximate surface area is 133 Å². The topological polar surface area (TPSA) is 64.8 Å². The molecular weight excluding hydrogens is 389 g/mol. The number of halogens is 3. The lowest BCUT2D eigenvalue weighted by molar-refractivity contribution is 0.579. The molecule has 106 valence electrons. The molecule has 1 fully saturated rings. The molecule has 0 radical (unpaired) electrons. The molecule has 0 spiro atoms. The Morgan fingerprint density at radius 2 is 2.00 bits per heavy atom. The highest BCUT2D eigenvalue weighted by molar-refractivity contribution is 9.10. The lowest BCUT2D eigenvalue weighted by atomic mass is 10.2. The second-order valence-electron chi connectivity index (χ2n) is 4.47. The van der Waals surface area contributed by atoms with Gasteiger partial charge in [-0.3, -0.25) is 4.57 Å². The molecule has 9 heteroatoms. The molecule has 1 aliphatic carbocycles. The first kappa shape index (κ1) is 14.3. The summed E-state index contributed by atoms with van der Waals surface area (Å²) in [7, 11) is 1.48. The van der Waals surface area contributed by atoms with Crippen LogP contribution in [0.5, 0.6) is 0 Å². The largest absolute Gasteiger partial charge is 0.296 e. The highest BCUT2D eigenvalue weighted by Gasteiger charge is 2.34.